The van der Waals surface area contributed by atoms with Crippen LogP contribution in [0.4, 0.5) is 0 Å². The Kier molecular flexibility index (Phi) is 2.04. The Balaban J connectivity index is 2.46. The number of fused-ring (bicyclic) bond motifs is 2. The Hall–Kier alpha value is -0.0800. The van der Waals surface area contributed by atoms with Crippen molar-refractivity contribution >= 4 is 0 Å². The predicted molar refractivity (Wildman–Crippen MR) is 57.9 cm³/mol. The standard InChI is InChI=1S/C12H23NO/c1-5-11-7-6-9(10(11,2)3)8-12(11,14)13-4/h9,13-14H,5-8H2,1-4H3. The van der Waals surface area contributed by atoms with Crippen LogP contribution in [0.15, 0.2) is 0 Å². The SMILES string of the molecule is CCC12CCC(CC1(O)NC)C2(C)C. The molecule has 0 spiro atoms. The quantitative estimate of drug-likeness (QED) is 0.665. The summed E-state index contributed by atoms with van der Waals surface area (Å²) in [7, 11) is 1.90. The van der Waals surface area contributed by atoms with Gasteiger partial charge in [0.1, 0.15) is 5.72 Å². The zero-order chi connectivity index (χ0) is 10.6. The highest BCUT2D eigenvalue weighted by molar-refractivity contribution is 5.17. The van der Waals surface area contributed by atoms with Crippen LogP contribution in [0.2, 0.25) is 0 Å². The van der Waals surface area contributed by atoms with Crippen molar-refractivity contribution in [2.75, 3.05) is 7.05 Å². The first-order valence-electron chi connectivity index (χ1n) is 5.85. The topological polar surface area (TPSA) is 32.3 Å². The van der Waals surface area contributed by atoms with Gasteiger partial charge in [-0.3, -0.25) is 5.32 Å². The molecule has 2 heteroatoms. The molecule has 82 valence electrons. The van der Waals surface area contributed by atoms with Gasteiger partial charge in [0.25, 0.3) is 0 Å². The van der Waals surface area contributed by atoms with Gasteiger partial charge in [-0.05, 0) is 44.1 Å². The maximum absolute atomic E-state index is 10.7. The lowest BCUT2D eigenvalue weighted by Crippen LogP contribution is -2.57. The van der Waals surface area contributed by atoms with Crippen molar-refractivity contribution in [3.05, 3.63) is 0 Å². The fourth-order valence-electron chi connectivity index (χ4n) is 4.41. The summed E-state index contributed by atoms with van der Waals surface area (Å²) >= 11 is 0. The van der Waals surface area contributed by atoms with Crippen molar-refractivity contribution in [3.63, 3.8) is 0 Å². The Morgan fingerprint density at radius 1 is 1.43 bits per heavy atom. The van der Waals surface area contributed by atoms with Crippen LogP contribution in [-0.2, 0) is 0 Å². The van der Waals surface area contributed by atoms with Gasteiger partial charge in [0, 0.05) is 5.41 Å². The Morgan fingerprint density at radius 3 is 2.43 bits per heavy atom. The highest BCUT2D eigenvalue weighted by Crippen LogP contribution is 2.70. The van der Waals surface area contributed by atoms with E-state index in [9.17, 15) is 5.11 Å². The van der Waals surface area contributed by atoms with E-state index < -0.39 is 5.72 Å². The van der Waals surface area contributed by atoms with Gasteiger partial charge >= 0.3 is 0 Å². The van der Waals surface area contributed by atoms with Crippen LogP contribution in [0.5, 0.6) is 0 Å². The number of rotatable bonds is 2. The van der Waals surface area contributed by atoms with Crippen LogP contribution >= 0.6 is 0 Å². The van der Waals surface area contributed by atoms with Gasteiger partial charge in [-0.15, -0.1) is 0 Å². The number of aliphatic hydroxyl groups is 1. The average Bonchev–Trinajstić information content (AvgIpc) is 2.49. The first kappa shape index (κ1) is 10.4. The van der Waals surface area contributed by atoms with Crippen LogP contribution in [0.3, 0.4) is 0 Å². The molecular formula is C12H23NO. The van der Waals surface area contributed by atoms with Crippen LogP contribution in [-0.4, -0.2) is 17.9 Å². The van der Waals surface area contributed by atoms with E-state index in [-0.39, 0.29) is 5.41 Å². The van der Waals surface area contributed by atoms with E-state index in [0.29, 0.717) is 11.3 Å². The third-order valence-electron chi connectivity index (χ3n) is 5.52. The number of hydrogen-bond donors (Lipinski definition) is 2. The average molecular weight is 197 g/mol. The molecule has 3 atom stereocenters. The van der Waals surface area contributed by atoms with Gasteiger partial charge in [0.15, 0.2) is 0 Å². The highest BCUT2D eigenvalue weighted by Gasteiger charge is 2.69. The molecule has 0 aromatic heterocycles. The van der Waals surface area contributed by atoms with Gasteiger partial charge in [0.2, 0.25) is 0 Å². The summed E-state index contributed by atoms with van der Waals surface area (Å²) in [5, 5.41) is 13.8. The fourth-order valence-corrected chi connectivity index (χ4v) is 4.41. The third kappa shape index (κ3) is 0.849. The molecule has 0 radical (unpaired) electrons. The Labute approximate surface area is 87.1 Å². The van der Waals surface area contributed by atoms with Gasteiger partial charge in [-0.2, -0.15) is 0 Å². The van der Waals surface area contributed by atoms with Crippen molar-refractivity contribution in [2.45, 2.75) is 52.2 Å². The van der Waals surface area contributed by atoms with Gasteiger partial charge in [-0.1, -0.05) is 20.8 Å². The summed E-state index contributed by atoms with van der Waals surface area (Å²) in [6.45, 7) is 6.89. The second-order valence-electron chi connectivity index (χ2n) is 5.71. The van der Waals surface area contributed by atoms with Gasteiger partial charge in [0.05, 0.1) is 0 Å². The summed E-state index contributed by atoms with van der Waals surface area (Å²) in [4.78, 5) is 0. The van der Waals surface area contributed by atoms with Crippen LogP contribution in [0, 0.1) is 16.7 Å². The monoisotopic (exact) mass is 197 g/mol. The Morgan fingerprint density at radius 2 is 2.07 bits per heavy atom. The minimum atomic E-state index is -0.617. The zero-order valence-corrected chi connectivity index (χ0v) is 9.85. The summed E-state index contributed by atoms with van der Waals surface area (Å²) in [6, 6.07) is 0. The molecule has 2 saturated carbocycles. The molecule has 2 N–H and O–H groups in total. The molecule has 2 fully saturated rings. The molecule has 0 aromatic rings. The Bertz CT molecular complexity index is 251. The summed E-state index contributed by atoms with van der Waals surface area (Å²) < 4.78 is 0. The first-order chi connectivity index (χ1) is 6.43. The molecule has 2 aliphatic carbocycles. The van der Waals surface area contributed by atoms with Gasteiger partial charge < -0.3 is 5.11 Å². The molecule has 0 aromatic carbocycles. The largest absolute Gasteiger partial charge is 0.375 e. The summed E-state index contributed by atoms with van der Waals surface area (Å²) in [6.07, 6.45) is 4.49. The third-order valence-corrected chi connectivity index (χ3v) is 5.52. The summed E-state index contributed by atoms with van der Waals surface area (Å²) in [5.41, 5.74) is -0.229. The lowest BCUT2D eigenvalue weighted by atomic mass is 9.64. The number of hydrogen-bond acceptors (Lipinski definition) is 2. The first-order valence-corrected chi connectivity index (χ1v) is 5.85. The van der Waals surface area contributed by atoms with Gasteiger partial charge in [-0.25, -0.2) is 0 Å². The summed E-state index contributed by atoms with van der Waals surface area (Å²) in [5.74, 6) is 0.694. The van der Waals surface area contributed by atoms with Crippen molar-refractivity contribution in [1.29, 1.82) is 0 Å². The van der Waals surface area contributed by atoms with E-state index in [0.717, 1.165) is 12.8 Å². The molecule has 0 amide bonds. The molecule has 0 heterocycles. The molecule has 0 aliphatic heterocycles. The molecule has 14 heavy (non-hydrogen) atoms. The maximum atomic E-state index is 10.7. The van der Waals surface area contributed by atoms with Crippen LogP contribution in [0.25, 0.3) is 0 Å². The van der Waals surface area contributed by atoms with Crippen molar-refractivity contribution in [2.24, 2.45) is 16.7 Å². The predicted octanol–water partition coefficient (Wildman–Crippen LogP) is 2.13. The van der Waals surface area contributed by atoms with E-state index in [4.69, 9.17) is 0 Å². The molecule has 2 nitrogen and oxygen atoms in total. The number of nitrogens with one attached hydrogen (secondary N) is 1. The van der Waals surface area contributed by atoms with E-state index in [1.807, 2.05) is 7.05 Å². The minimum absolute atomic E-state index is 0.0966. The normalized spacial score (nSPS) is 49.9. The molecular weight excluding hydrogens is 174 g/mol. The maximum Gasteiger partial charge on any atom is 0.122 e. The van der Waals surface area contributed by atoms with Crippen LogP contribution < -0.4 is 5.32 Å². The highest BCUT2D eigenvalue weighted by atomic mass is 16.3. The molecule has 2 rings (SSSR count). The van der Waals surface area contributed by atoms with Crippen molar-refractivity contribution < 1.29 is 5.11 Å². The smallest absolute Gasteiger partial charge is 0.122 e. The molecule has 3 unspecified atom stereocenters. The van der Waals surface area contributed by atoms with Crippen molar-refractivity contribution in [1.82, 2.24) is 5.32 Å². The zero-order valence-electron chi connectivity index (χ0n) is 9.85. The van der Waals surface area contributed by atoms with E-state index in [1.165, 1.54) is 12.8 Å². The van der Waals surface area contributed by atoms with E-state index in [1.54, 1.807) is 0 Å². The second-order valence-corrected chi connectivity index (χ2v) is 5.71. The van der Waals surface area contributed by atoms with E-state index >= 15 is 0 Å². The minimum Gasteiger partial charge on any atom is -0.375 e. The fraction of sp³-hybridized carbons (Fsp3) is 1.00. The van der Waals surface area contributed by atoms with Crippen LogP contribution in [0.1, 0.15) is 46.5 Å². The molecule has 0 saturated heterocycles. The lowest BCUT2D eigenvalue weighted by Gasteiger charge is -2.47. The van der Waals surface area contributed by atoms with E-state index in [2.05, 4.69) is 26.1 Å². The molecule has 2 bridgehead atoms. The van der Waals surface area contributed by atoms with Crippen molar-refractivity contribution in [3.8, 4) is 0 Å². The molecule has 2 aliphatic rings. The lowest BCUT2D eigenvalue weighted by molar-refractivity contribution is -0.121. The second kappa shape index (κ2) is 2.73.